The lowest BCUT2D eigenvalue weighted by Crippen LogP contribution is -2.47. The lowest BCUT2D eigenvalue weighted by molar-refractivity contribution is -0.144. The minimum Gasteiger partial charge on any atom is -0.480 e. The van der Waals surface area contributed by atoms with E-state index in [1.807, 2.05) is 6.07 Å². The Morgan fingerprint density at radius 2 is 2.18 bits per heavy atom. The number of hydrogen-bond donors (Lipinski definition) is 2. The van der Waals surface area contributed by atoms with Gasteiger partial charge in [0.2, 0.25) is 0 Å². The quantitative estimate of drug-likeness (QED) is 0.814. The molecule has 2 rings (SSSR count). The first kappa shape index (κ1) is 12.1. The molecular weight excluding hydrogens is 218 g/mol. The van der Waals surface area contributed by atoms with Gasteiger partial charge in [-0.25, -0.2) is 0 Å². The average molecular weight is 235 g/mol. The maximum Gasteiger partial charge on any atom is 0.323 e. The molecule has 2 atom stereocenters. The van der Waals surface area contributed by atoms with Gasteiger partial charge in [0.05, 0.1) is 12.7 Å². The molecule has 92 valence electrons. The number of carboxylic acids is 1. The van der Waals surface area contributed by atoms with E-state index in [2.05, 4.69) is 31.3 Å². The number of rotatable bonds is 2. The number of aliphatic carboxylic acids is 1. The summed E-state index contributed by atoms with van der Waals surface area (Å²) in [5.41, 5.74) is 3.58. The van der Waals surface area contributed by atoms with Crippen LogP contribution in [-0.4, -0.2) is 30.3 Å². The Balaban J connectivity index is 2.05. The highest BCUT2D eigenvalue weighted by Crippen LogP contribution is 2.22. The van der Waals surface area contributed by atoms with E-state index in [4.69, 9.17) is 9.84 Å². The van der Waals surface area contributed by atoms with Crippen molar-refractivity contribution >= 4 is 5.97 Å². The van der Waals surface area contributed by atoms with Crippen molar-refractivity contribution in [2.75, 3.05) is 13.2 Å². The summed E-state index contributed by atoms with van der Waals surface area (Å²) in [5.74, 6) is -0.858. The van der Waals surface area contributed by atoms with Crippen molar-refractivity contribution in [3.8, 4) is 0 Å². The second-order valence-corrected chi connectivity index (χ2v) is 4.46. The molecular formula is C13H17NO3. The van der Waals surface area contributed by atoms with Crippen molar-refractivity contribution in [1.82, 2.24) is 5.32 Å². The molecule has 0 amide bonds. The summed E-state index contributed by atoms with van der Waals surface area (Å²) >= 11 is 0. The molecule has 0 spiro atoms. The van der Waals surface area contributed by atoms with Crippen LogP contribution in [0.25, 0.3) is 0 Å². The minimum atomic E-state index is -0.858. The van der Waals surface area contributed by atoms with E-state index in [1.165, 1.54) is 11.1 Å². The van der Waals surface area contributed by atoms with Gasteiger partial charge in [0.1, 0.15) is 6.04 Å². The molecule has 1 aromatic carbocycles. The number of nitrogens with one attached hydrogen (secondary N) is 1. The third-order valence-corrected chi connectivity index (χ3v) is 3.21. The summed E-state index contributed by atoms with van der Waals surface area (Å²) in [7, 11) is 0. The molecule has 1 aliphatic heterocycles. The largest absolute Gasteiger partial charge is 0.480 e. The van der Waals surface area contributed by atoms with E-state index >= 15 is 0 Å². The van der Waals surface area contributed by atoms with Gasteiger partial charge in [0, 0.05) is 6.54 Å². The second kappa shape index (κ2) is 4.85. The van der Waals surface area contributed by atoms with Crippen LogP contribution < -0.4 is 5.32 Å². The van der Waals surface area contributed by atoms with Crippen molar-refractivity contribution in [3.63, 3.8) is 0 Å². The number of carboxylic acid groups (broad SMARTS) is 1. The second-order valence-electron chi connectivity index (χ2n) is 4.46. The van der Waals surface area contributed by atoms with Crippen molar-refractivity contribution in [2.45, 2.75) is 26.0 Å². The Labute approximate surface area is 101 Å². The minimum absolute atomic E-state index is 0.0510. The average Bonchev–Trinajstić information content (AvgIpc) is 2.33. The summed E-state index contributed by atoms with van der Waals surface area (Å²) in [6.45, 7) is 4.89. The van der Waals surface area contributed by atoms with Gasteiger partial charge in [-0.2, -0.15) is 0 Å². The molecule has 0 bridgehead atoms. The molecule has 4 nitrogen and oxygen atoms in total. The zero-order valence-corrected chi connectivity index (χ0v) is 10.1. The first-order chi connectivity index (χ1) is 8.08. The standard InChI is InChI=1S/C13H17NO3/c1-8-3-4-10(5-9(8)2)12-6-14-11(7-17-12)13(15)16/h3-5,11-12,14H,6-7H2,1-2H3,(H,15,16). The smallest absolute Gasteiger partial charge is 0.323 e. The normalized spacial score (nSPS) is 24.6. The number of ether oxygens (including phenoxy) is 1. The van der Waals surface area contributed by atoms with Gasteiger partial charge in [-0.05, 0) is 30.5 Å². The first-order valence-electron chi connectivity index (χ1n) is 5.73. The molecule has 1 aliphatic rings. The Kier molecular flexibility index (Phi) is 3.45. The molecule has 17 heavy (non-hydrogen) atoms. The number of carbonyl (C=O) groups is 1. The predicted molar refractivity (Wildman–Crippen MR) is 64.0 cm³/mol. The van der Waals surface area contributed by atoms with Crippen LogP contribution in [0.3, 0.4) is 0 Å². The van der Waals surface area contributed by atoms with Crippen LogP contribution in [0.5, 0.6) is 0 Å². The van der Waals surface area contributed by atoms with Gasteiger partial charge < -0.3 is 9.84 Å². The first-order valence-corrected chi connectivity index (χ1v) is 5.73. The molecule has 2 N–H and O–H groups in total. The van der Waals surface area contributed by atoms with E-state index in [1.54, 1.807) is 0 Å². The van der Waals surface area contributed by atoms with E-state index in [9.17, 15) is 4.79 Å². The van der Waals surface area contributed by atoms with Crippen molar-refractivity contribution < 1.29 is 14.6 Å². The van der Waals surface area contributed by atoms with E-state index in [0.29, 0.717) is 6.54 Å². The number of morpholine rings is 1. The molecule has 0 aromatic heterocycles. The van der Waals surface area contributed by atoms with Crippen LogP contribution in [0.4, 0.5) is 0 Å². The zero-order valence-electron chi connectivity index (χ0n) is 10.1. The molecule has 1 fully saturated rings. The Bertz CT molecular complexity index is 423. The van der Waals surface area contributed by atoms with Gasteiger partial charge in [-0.1, -0.05) is 18.2 Å². The maximum atomic E-state index is 10.8. The maximum absolute atomic E-state index is 10.8. The fraction of sp³-hybridized carbons (Fsp3) is 0.462. The van der Waals surface area contributed by atoms with E-state index < -0.39 is 12.0 Å². The van der Waals surface area contributed by atoms with Crippen LogP contribution in [0.15, 0.2) is 18.2 Å². The molecule has 0 saturated carbocycles. The van der Waals surface area contributed by atoms with Crippen LogP contribution in [-0.2, 0) is 9.53 Å². The summed E-state index contributed by atoms with van der Waals surface area (Å²) in [4.78, 5) is 10.8. The van der Waals surface area contributed by atoms with E-state index in [0.717, 1.165) is 5.56 Å². The fourth-order valence-corrected chi connectivity index (χ4v) is 1.92. The summed E-state index contributed by atoms with van der Waals surface area (Å²) in [6.07, 6.45) is -0.0510. The fourth-order valence-electron chi connectivity index (χ4n) is 1.92. The molecule has 4 heteroatoms. The third-order valence-electron chi connectivity index (χ3n) is 3.21. The predicted octanol–water partition coefficient (Wildman–Crippen LogP) is 1.42. The van der Waals surface area contributed by atoms with Crippen molar-refractivity contribution in [2.24, 2.45) is 0 Å². The van der Waals surface area contributed by atoms with Gasteiger partial charge in [-0.15, -0.1) is 0 Å². The monoisotopic (exact) mass is 235 g/mol. The lowest BCUT2D eigenvalue weighted by Gasteiger charge is -2.28. The third kappa shape index (κ3) is 2.65. The van der Waals surface area contributed by atoms with Crippen molar-refractivity contribution in [1.29, 1.82) is 0 Å². The van der Waals surface area contributed by atoms with Crippen LogP contribution in [0.2, 0.25) is 0 Å². The van der Waals surface area contributed by atoms with Crippen molar-refractivity contribution in [3.05, 3.63) is 34.9 Å². The highest BCUT2D eigenvalue weighted by atomic mass is 16.5. The van der Waals surface area contributed by atoms with Gasteiger partial charge in [0.25, 0.3) is 0 Å². The molecule has 1 saturated heterocycles. The molecule has 1 aromatic rings. The van der Waals surface area contributed by atoms with E-state index in [-0.39, 0.29) is 12.7 Å². The molecule has 2 unspecified atom stereocenters. The van der Waals surface area contributed by atoms with Crippen LogP contribution >= 0.6 is 0 Å². The molecule has 0 radical (unpaired) electrons. The summed E-state index contributed by atoms with van der Waals surface area (Å²) in [6, 6.07) is 5.62. The molecule has 1 heterocycles. The van der Waals surface area contributed by atoms with Crippen LogP contribution in [0.1, 0.15) is 22.8 Å². The lowest BCUT2D eigenvalue weighted by atomic mass is 10.0. The summed E-state index contributed by atoms with van der Waals surface area (Å²) < 4.78 is 5.59. The molecule has 0 aliphatic carbocycles. The topological polar surface area (TPSA) is 58.6 Å². The number of hydrogen-bond acceptors (Lipinski definition) is 3. The zero-order chi connectivity index (χ0) is 12.4. The SMILES string of the molecule is Cc1ccc(C2CNC(C(=O)O)CO2)cc1C. The van der Waals surface area contributed by atoms with Gasteiger partial charge in [-0.3, -0.25) is 10.1 Å². The number of benzene rings is 1. The van der Waals surface area contributed by atoms with Crippen LogP contribution in [0, 0.1) is 13.8 Å². The van der Waals surface area contributed by atoms with Gasteiger partial charge >= 0.3 is 5.97 Å². The Morgan fingerprint density at radius 3 is 2.71 bits per heavy atom. The Hall–Kier alpha value is -1.39. The highest BCUT2D eigenvalue weighted by Gasteiger charge is 2.26. The van der Waals surface area contributed by atoms with Gasteiger partial charge in [0.15, 0.2) is 0 Å². The summed E-state index contributed by atoms with van der Waals surface area (Å²) in [5, 5.41) is 11.8. The Morgan fingerprint density at radius 1 is 1.41 bits per heavy atom. The highest BCUT2D eigenvalue weighted by molar-refractivity contribution is 5.73. The number of aryl methyl sites for hydroxylation is 2.